The van der Waals surface area contributed by atoms with Gasteiger partial charge in [-0.15, -0.1) is 0 Å². The van der Waals surface area contributed by atoms with Gasteiger partial charge in [0.05, 0.1) is 12.5 Å². The number of carbonyl (C=O) groups excluding carboxylic acids is 1. The highest BCUT2D eigenvalue weighted by atomic mass is 28.4. The first-order valence-corrected chi connectivity index (χ1v) is 9.76. The van der Waals surface area contributed by atoms with E-state index in [0.717, 1.165) is 6.42 Å². The van der Waals surface area contributed by atoms with Crippen LogP contribution in [0.3, 0.4) is 0 Å². The number of hydrogen-bond donors (Lipinski definition) is 0. The Hall–Kier alpha value is -0.353. The van der Waals surface area contributed by atoms with Crippen molar-refractivity contribution in [3.8, 4) is 0 Å². The number of carbonyl (C=O) groups is 1. The molecule has 1 aliphatic rings. The maximum absolute atomic E-state index is 11.5. The maximum Gasteiger partial charge on any atom is 0.308 e. The average molecular weight is 286 g/mol. The standard InChI is InChI=1S/C15H30O3Si/c1-8-13-14(9-15(16)17-13)18-19(10(2)3,11(4)5)12(6)7/h10-14H,8-9H2,1-7H3/t13-,14-/m1/s1. The monoisotopic (exact) mass is 286 g/mol. The maximum atomic E-state index is 11.5. The van der Waals surface area contributed by atoms with Crippen molar-refractivity contribution in [2.45, 2.75) is 90.1 Å². The average Bonchev–Trinajstić information content (AvgIpc) is 2.64. The number of ether oxygens (including phenoxy) is 1. The Morgan fingerprint density at radius 2 is 1.63 bits per heavy atom. The molecular formula is C15H30O3Si. The molecule has 1 saturated heterocycles. The first kappa shape index (κ1) is 16.7. The molecule has 0 aromatic heterocycles. The minimum Gasteiger partial charge on any atom is -0.460 e. The highest BCUT2D eigenvalue weighted by Gasteiger charge is 2.49. The van der Waals surface area contributed by atoms with E-state index < -0.39 is 8.32 Å². The zero-order valence-corrected chi connectivity index (χ0v) is 14.5. The van der Waals surface area contributed by atoms with E-state index in [9.17, 15) is 4.79 Å². The lowest BCUT2D eigenvalue weighted by molar-refractivity contribution is -0.141. The quantitative estimate of drug-likeness (QED) is 0.540. The summed E-state index contributed by atoms with van der Waals surface area (Å²) >= 11 is 0. The predicted octanol–water partition coefficient (Wildman–Crippen LogP) is 4.27. The number of cyclic esters (lactones) is 1. The molecule has 0 bridgehead atoms. The lowest BCUT2D eigenvalue weighted by Gasteiger charge is -2.44. The lowest BCUT2D eigenvalue weighted by Crippen LogP contribution is -2.51. The molecule has 0 aromatic carbocycles. The summed E-state index contributed by atoms with van der Waals surface area (Å²) in [6, 6.07) is 0. The molecule has 0 saturated carbocycles. The second-order valence-electron chi connectivity index (χ2n) is 6.61. The van der Waals surface area contributed by atoms with Crippen LogP contribution in [0.25, 0.3) is 0 Å². The summed E-state index contributed by atoms with van der Waals surface area (Å²) in [5.41, 5.74) is 1.63. The number of hydrogen-bond acceptors (Lipinski definition) is 3. The second-order valence-corrected chi connectivity index (χ2v) is 12.0. The van der Waals surface area contributed by atoms with Gasteiger partial charge in [0.25, 0.3) is 0 Å². The third-order valence-electron chi connectivity index (χ3n) is 4.53. The van der Waals surface area contributed by atoms with Crippen molar-refractivity contribution in [3.05, 3.63) is 0 Å². The molecule has 0 spiro atoms. The van der Waals surface area contributed by atoms with E-state index in [2.05, 4.69) is 48.5 Å². The number of rotatable bonds is 6. The molecule has 0 aromatic rings. The first-order chi connectivity index (χ1) is 8.75. The third-order valence-corrected chi connectivity index (χ3v) is 10.7. The van der Waals surface area contributed by atoms with E-state index in [0.29, 0.717) is 23.0 Å². The first-order valence-electron chi connectivity index (χ1n) is 7.62. The normalized spacial score (nSPS) is 24.6. The van der Waals surface area contributed by atoms with Crippen LogP contribution in [0.1, 0.15) is 61.3 Å². The van der Waals surface area contributed by atoms with Crippen LogP contribution >= 0.6 is 0 Å². The molecule has 2 atom stereocenters. The van der Waals surface area contributed by atoms with E-state index in [1.165, 1.54) is 0 Å². The van der Waals surface area contributed by atoms with Gasteiger partial charge in [0.1, 0.15) is 6.10 Å². The minimum absolute atomic E-state index is 0.0311. The van der Waals surface area contributed by atoms with E-state index in [1.54, 1.807) is 0 Å². The molecule has 1 heterocycles. The van der Waals surface area contributed by atoms with Crippen LogP contribution < -0.4 is 0 Å². The Kier molecular flexibility index (Phi) is 5.62. The van der Waals surface area contributed by atoms with Crippen LogP contribution in [0.2, 0.25) is 16.6 Å². The van der Waals surface area contributed by atoms with Gasteiger partial charge in [-0.25, -0.2) is 0 Å². The van der Waals surface area contributed by atoms with Crippen LogP contribution in [0.4, 0.5) is 0 Å². The molecule has 19 heavy (non-hydrogen) atoms. The Balaban J connectivity index is 2.98. The van der Waals surface area contributed by atoms with Gasteiger partial charge in [0, 0.05) is 0 Å². The molecule has 0 amide bonds. The molecule has 0 N–H and O–H groups in total. The van der Waals surface area contributed by atoms with E-state index >= 15 is 0 Å². The largest absolute Gasteiger partial charge is 0.460 e. The molecule has 4 heteroatoms. The SMILES string of the molecule is CC[C@H]1OC(=O)C[C@H]1O[Si](C(C)C)(C(C)C)C(C)C. The van der Waals surface area contributed by atoms with Gasteiger partial charge in [0.2, 0.25) is 8.32 Å². The fraction of sp³-hybridized carbons (Fsp3) is 0.933. The van der Waals surface area contributed by atoms with Crippen LogP contribution in [-0.4, -0.2) is 26.5 Å². The highest BCUT2D eigenvalue weighted by molar-refractivity contribution is 6.77. The summed E-state index contributed by atoms with van der Waals surface area (Å²) in [6.07, 6.45) is 1.20. The molecule has 1 fully saturated rings. The van der Waals surface area contributed by atoms with Gasteiger partial charge in [-0.2, -0.15) is 0 Å². The van der Waals surface area contributed by atoms with Crippen molar-refractivity contribution in [2.75, 3.05) is 0 Å². The van der Waals surface area contributed by atoms with Gasteiger partial charge < -0.3 is 9.16 Å². The second kappa shape index (κ2) is 6.40. The van der Waals surface area contributed by atoms with Crippen molar-refractivity contribution in [1.29, 1.82) is 0 Å². The molecule has 3 nitrogen and oxygen atoms in total. The van der Waals surface area contributed by atoms with Crippen LogP contribution in [0.15, 0.2) is 0 Å². The van der Waals surface area contributed by atoms with Gasteiger partial charge in [0.15, 0.2) is 0 Å². The van der Waals surface area contributed by atoms with Gasteiger partial charge in [-0.1, -0.05) is 48.5 Å². The summed E-state index contributed by atoms with van der Waals surface area (Å²) in [6.45, 7) is 15.7. The molecule has 0 unspecified atom stereocenters. The molecule has 0 radical (unpaired) electrons. The zero-order valence-electron chi connectivity index (χ0n) is 13.5. The minimum atomic E-state index is -1.91. The lowest BCUT2D eigenvalue weighted by atomic mass is 10.1. The zero-order chi connectivity index (χ0) is 14.8. The van der Waals surface area contributed by atoms with E-state index in [-0.39, 0.29) is 18.2 Å². The molecule has 1 rings (SSSR count). The smallest absolute Gasteiger partial charge is 0.308 e. The predicted molar refractivity (Wildman–Crippen MR) is 80.7 cm³/mol. The van der Waals surface area contributed by atoms with Crippen molar-refractivity contribution in [3.63, 3.8) is 0 Å². The summed E-state index contributed by atoms with van der Waals surface area (Å²) in [5.74, 6) is -0.101. The Labute approximate surface area is 119 Å². The third kappa shape index (κ3) is 3.22. The summed E-state index contributed by atoms with van der Waals surface area (Å²) in [4.78, 5) is 11.5. The molecular weight excluding hydrogens is 256 g/mol. The fourth-order valence-electron chi connectivity index (χ4n) is 3.72. The number of esters is 1. The Morgan fingerprint density at radius 3 is 2.00 bits per heavy atom. The van der Waals surface area contributed by atoms with Crippen LogP contribution in [0.5, 0.6) is 0 Å². The van der Waals surface area contributed by atoms with Gasteiger partial charge in [-0.3, -0.25) is 4.79 Å². The van der Waals surface area contributed by atoms with Crippen LogP contribution in [0, 0.1) is 0 Å². The van der Waals surface area contributed by atoms with E-state index in [4.69, 9.17) is 9.16 Å². The van der Waals surface area contributed by atoms with Crippen molar-refractivity contribution in [2.24, 2.45) is 0 Å². The summed E-state index contributed by atoms with van der Waals surface area (Å²) < 4.78 is 12.0. The van der Waals surface area contributed by atoms with Gasteiger partial charge >= 0.3 is 5.97 Å². The summed E-state index contributed by atoms with van der Waals surface area (Å²) in [5, 5.41) is 0. The van der Waals surface area contributed by atoms with Crippen molar-refractivity contribution < 1.29 is 14.0 Å². The van der Waals surface area contributed by atoms with Crippen LogP contribution in [-0.2, 0) is 14.0 Å². The molecule has 112 valence electrons. The van der Waals surface area contributed by atoms with E-state index in [1.807, 2.05) is 0 Å². The Morgan fingerprint density at radius 1 is 1.16 bits per heavy atom. The fourth-order valence-corrected chi connectivity index (χ4v) is 9.30. The molecule has 0 aliphatic carbocycles. The van der Waals surface area contributed by atoms with Crippen molar-refractivity contribution >= 4 is 14.3 Å². The van der Waals surface area contributed by atoms with Gasteiger partial charge in [-0.05, 0) is 23.0 Å². The summed E-state index contributed by atoms with van der Waals surface area (Å²) in [7, 11) is -1.91. The Bertz CT molecular complexity index is 291. The van der Waals surface area contributed by atoms with Crippen molar-refractivity contribution in [1.82, 2.24) is 0 Å². The highest BCUT2D eigenvalue weighted by Crippen LogP contribution is 2.44. The molecule has 1 aliphatic heterocycles. The topological polar surface area (TPSA) is 35.5 Å².